The zero-order valence-electron chi connectivity index (χ0n) is 18.0. The average Bonchev–Trinajstić information content (AvgIpc) is 2.87. The van der Waals surface area contributed by atoms with Gasteiger partial charge in [0.25, 0.3) is 11.8 Å². The molecule has 2 N–H and O–H groups in total. The Labute approximate surface area is 190 Å². The van der Waals surface area contributed by atoms with Gasteiger partial charge in [-0.15, -0.1) is 0 Å². The molecule has 2 aromatic carbocycles. The van der Waals surface area contributed by atoms with E-state index in [1.807, 2.05) is 6.07 Å². The molecular weight excluding hydrogens is 465 g/mol. The van der Waals surface area contributed by atoms with Crippen molar-refractivity contribution in [1.82, 2.24) is 10.6 Å². The lowest BCUT2D eigenvalue weighted by Crippen LogP contribution is -2.48. The van der Waals surface area contributed by atoms with Crippen LogP contribution in [0.5, 0.6) is 0 Å². The molecule has 2 aromatic rings. The first-order valence-electron chi connectivity index (χ1n) is 9.99. The standard InChI is InChI=1S/C22H20F5N3O4/c1-12(34-20(33)28-11-21(23,24)22(25,26)27)18(31)29-17-15-9-4-3-7-13(15)14-8-5-6-10-16(14)30(2)19(17)32/h3-10,12,17H,11H2,1-2H3,(H,28,33)(H,29,31)/t12?,17-/m1/s1. The third-order valence-corrected chi connectivity index (χ3v) is 5.21. The molecule has 1 aliphatic heterocycles. The van der Waals surface area contributed by atoms with E-state index in [0.29, 0.717) is 16.8 Å². The molecule has 34 heavy (non-hydrogen) atoms. The Hall–Kier alpha value is -3.70. The smallest absolute Gasteiger partial charge is 0.436 e. The monoisotopic (exact) mass is 485 g/mol. The number of carbonyl (C=O) groups excluding carboxylic acids is 3. The number of nitrogens with zero attached hydrogens (tertiary/aromatic N) is 1. The average molecular weight is 485 g/mol. The van der Waals surface area contributed by atoms with E-state index in [9.17, 15) is 36.3 Å². The topological polar surface area (TPSA) is 87.7 Å². The van der Waals surface area contributed by atoms with Gasteiger partial charge in [-0.3, -0.25) is 9.59 Å². The minimum absolute atomic E-state index is 0.471. The minimum Gasteiger partial charge on any atom is -0.436 e. The summed E-state index contributed by atoms with van der Waals surface area (Å²) in [5.74, 6) is -6.62. The molecule has 1 unspecified atom stereocenters. The Morgan fingerprint density at radius 2 is 1.62 bits per heavy atom. The molecule has 2 atom stereocenters. The van der Waals surface area contributed by atoms with E-state index in [-0.39, 0.29) is 0 Å². The molecule has 0 aliphatic carbocycles. The largest absolute Gasteiger partial charge is 0.455 e. The molecule has 0 saturated carbocycles. The first-order valence-corrected chi connectivity index (χ1v) is 9.99. The quantitative estimate of drug-likeness (QED) is 0.631. The van der Waals surface area contributed by atoms with E-state index in [0.717, 1.165) is 12.5 Å². The molecule has 0 fully saturated rings. The maximum atomic E-state index is 13.2. The Balaban J connectivity index is 1.74. The van der Waals surface area contributed by atoms with Gasteiger partial charge in [0.05, 0.1) is 12.2 Å². The number of nitrogens with one attached hydrogen (secondary N) is 2. The first-order chi connectivity index (χ1) is 15.8. The Kier molecular flexibility index (Phi) is 6.80. The number of alkyl halides is 5. The summed E-state index contributed by atoms with van der Waals surface area (Å²) in [7, 11) is 1.53. The predicted molar refractivity (Wildman–Crippen MR) is 111 cm³/mol. The number of alkyl carbamates (subject to hydrolysis) is 1. The van der Waals surface area contributed by atoms with Crippen LogP contribution in [0.4, 0.5) is 32.4 Å². The van der Waals surface area contributed by atoms with Crippen LogP contribution in [0.1, 0.15) is 18.5 Å². The van der Waals surface area contributed by atoms with Crippen molar-refractivity contribution in [2.24, 2.45) is 0 Å². The van der Waals surface area contributed by atoms with Crippen molar-refractivity contribution in [1.29, 1.82) is 0 Å². The molecule has 0 saturated heterocycles. The Morgan fingerprint density at radius 3 is 2.26 bits per heavy atom. The molecule has 1 aliphatic rings. The van der Waals surface area contributed by atoms with Crippen LogP contribution in [0.2, 0.25) is 0 Å². The summed E-state index contributed by atoms with van der Waals surface area (Å²) in [6, 6.07) is 12.8. The fourth-order valence-corrected chi connectivity index (χ4v) is 3.37. The second kappa shape index (κ2) is 9.27. The number of benzene rings is 2. The van der Waals surface area contributed by atoms with E-state index in [1.54, 1.807) is 42.5 Å². The van der Waals surface area contributed by atoms with E-state index in [2.05, 4.69) is 10.1 Å². The van der Waals surface area contributed by atoms with Crippen molar-refractivity contribution in [2.75, 3.05) is 18.5 Å². The molecule has 7 nitrogen and oxygen atoms in total. The molecule has 0 aromatic heterocycles. The number of hydrogen-bond donors (Lipinski definition) is 2. The number of carbonyl (C=O) groups is 3. The van der Waals surface area contributed by atoms with Crippen molar-refractivity contribution in [2.45, 2.75) is 31.2 Å². The third kappa shape index (κ3) is 4.95. The predicted octanol–water partition coefficient (Wildman–Crippen LogP) is 3.80. The molecule has 0 bridgehead atoms. The highest BCUT2D eigenvalue weighted by Gasteiger charge is 2.57. The summed E-state index contributed by atoms with van der Waals surface area (Å²) >= 11 is 0. The number of anilines is 1. The molecule has 12 heteroatoms. The van der Waals surface area contributed by atoms with Crippen LogP contribution in [0.3, 0.4) is 0 Å². The van der Waals surface area contributed by atoms with E-state index in [4.69, 9.17) is 0 Å². The third-order valence-electron chi connectivity index (χ3n) is 5.21. The van der Waals surface area contributed by atoms with Gasteiger partial charge in [0.15, 0.2) is 6.10 Å². The first kappa shape index (κ1) is 24.9. The van der Waals surface area contributed by atoms with Crippen molar-refractivity contribution >= 4 is 23.6 Å². The highest BCUT2D eigenvalue weighted by Crippen LogP contribution is 2.39. The highest BCUT2D eigenvalue weighted by atomic mass is 19.4. The second-order valence-corrected chi connectivity index (χ2v) is 7.55. The lowest BCUT2D eigenvalue weighted by molar-refractivity contribution is -0.278. The van der Waals surface area contributed by atoms with Crippen LogP contribution in [0.15, 0.2) is 48.5 Å². The number of rotatable bonds is 5. The molecule has 182 valence electrons. The van der Waals surface area contributed by atoms with Gasteiger partial charge in [0.1, 0.15) is 6.04 Å². The van der Waals surface area contributed by atoms with Crippen LogP contribution in [0.25, 0.3) is 11.1 Å². The lowest BCUT2D eigenvalue weighted by atomic mass is 9.95. The van der Waals surface area contributed by atoms with Crippen LogP contribution in [-0.4, -0.2) is 49.7 Å². The minimum atomic E-state index is -5.86. The van der Waals surface area contributed by atoms with Gasteiger partial charge in [-0.25, -0.2) is 4.79 Å². The summed E-state index contributed by atoms with van der Waals surface area (Å²) in [6.07, 6.45) is -9.11. The summed E-state index contributed by atoms with van der Waals surface area (Å²) < 4.78 is 67.2. The number of para-hydroxylation sites is 1. The maximum Gasteiger partial charge on any atom is 0.455 e. The van der Waals surface area contributed by atoms with Gasteiger partial charge in [-0.1, -0.05) is 42.5 Å². The molecule has 3 rings (SSSR count). The van der Waals surface area contributed by atoms with E-state index < -0.39 is 48.7 Å². The fraction of sp³-hybridized carbons (Fsp3) is 0.318. The van der Waals surface area contributed by atoms with Crippen LogP contribution in [-0.2, 0) is 14.3 Å². The van der Waals surface area contributed by atoms with Gasteiger partial charge in [-0.2, -0.15) is 22.0 Å². The van der Waals surface area contributed by atoms with Crippen LogP contribution >= 0.6 is 0 Å². The summed E-state index contributed by atoms with van der Waals surface area (Å²) in [5, 5.41) is 3.75. The molecule has 0 spiro atoms. The van der Waals surface area contributed by atoms with Gasteiger partial charge in [0.2, 0.25) is 0 Å². The number of halogens is 5. The van der Waals surface area contributed by atoms with Crippen molar-refractivity contribution in [3.05, 3.63) is 54.1 Å². The van der Waals surface area contributed by atoms with Crippen LogP contribution in [0, 0.1) is 0 Å². The van der Waals surface area contributed by atoms with Crippen LogP contribution < -0.4 is 15.5 Å². The van der Waals surface area contributed by atoms with E-state index in [1.165, 1.54) is 17.3 Å². The maximum absolute atomic E-state index is 13.2. The van der Waals surface area contributed by atoms with Crippen molar-refractivity contribution < 1.29 is 41.1 Å². The molecule has 3 amide bonds. The summed E-state index contributed by atoms with van der Waals surface area (Å²) in [4.78, 5) is 38.8. The van der Waals surface area contributed by atoms with E-state index >= 15 is 0 Å². The summed E-state index contributed by atoms with van der Waals surface area (Å²) in [6.45, 7) is -0.969. The highest BCUT2D eigenvalue weighted by molar-refractivity contribution is 6.06. The SMILES string of the molecule is CC(OC(=O)NCC(F)(F)C(F)(F)F)C(=O)N[C@H]1C(=O)N(C)c2ccccc2-c2ccccc21. The zero-order chi connectivity index (χ0) is 25.3. The van der Waals surface area contributed by atoms with Crippen molar-refractivity contribution in [3.63, 3.8) is 0 Å². The van der Waals surface area contributed by atoms with Gasteiger partial charge in [0, 0.05) is 12.6 Å². The van der Waals surface area contributed by atoms with Gasteiger partial charge >= 0.3 is 18.2 Å². The van der Waals surface area contributed by atoms with Gasteiger partial charge < -0.3 is 20.3 Å². The molecule has 0 radical (unpaired) electrons. The second-order valence-electron chi connectivity index (χ2n) is 7.55. The molecular formula is C22H20F5N3O4. The fourth-order valence-electron chi connectivity index (χ4n) is 3.37. The number of ether oxygens (including phenoxy) is 1. The number of amides is 3. The number of hydrogen-bond acceptors (Lipinski definition) is 4. The van der Waals surface area contributed by atoms with Gasteiger partial charge in [-0.05, 0) is 24.1 Å². The van der Waals surface area contributed by atoms with Crippen molar-refractivity contribution in [3.8, 4) is 11.1 Å². The Bertz CT molecular complexity index is 1110. The normalized spacial score (nSPS) is 16.6. The molecule has 1 heterocycles. The zero-order valence-corrected chi connectivity index (χ0v) is 18.0. The number of likely N-dealkylation sites (N-methyl/N-ethyl adjacent to an activating group) is 1. The Morgan fingerprint density at radius 1 is 1.03 bits per heavy atom. The number of fused-ring (bicyclic) bond motifs is 3. The lowest BCUT2D eigenvalue weighted by Gasteiger charge is -2.24. The summed E-state index contributed by atoms with van der Waals surface area (Å²) in [5.41, 5.74) is 2.51.